The van der Waals surface area contributed by atoms with E-state index in [0.717, 1.165) is 21.5 Å². The smallest absolute Gasteiger partial charge is 0.235 e. The lowest BCUT2D eigenvalue weighted by molar-refractivity contribution is 0.103. The van der Waals surface area contributed by atoms with Gasteiger partial charge < -0.3 is 10.4 Å². The quantitative estimate of drug-likeness (QED) is 0.674. The SMILES string of the molecule is O=C(c1ccncc1)c1sc(Nc2ccccc2Br)nc1O. The molecule has 0 aliphatic carbocycles. The van der Waals surface area contributed by atoms with E-state index in [9.17, 15) is 9.90 Å². The zero-order valence-corrected chi connectivity index (χ0v) is 13.6. The average Bonchev–Trinajstić information content (AvgIpc) is 2.90. The number of para-hydroxylation sites is 1. The molecule has 3 aromatic rings. The third-order valence-corrected chi connectivity index (χ3v) is 4.52. The second-order valence-corrected chi connectivity index (χ2v) is 6.20. The normalized spacial score (nSPS) is 10.4. The molecule has 0 amide bonds. The van der Waals surface area contributed by atoms with Gasteiger partial charge in [0, 0.05) is 22.4 Å². The van der Waals surface area contributed by atoms with E-state index in [1.807, 2.05) is 24.3 Å². The van der Waals surface area contributed by atoms with Gasteiger partial charge >= 0.3 is 0 Å². The number of carbonyl (C=O) groups excluding carboxylic acids is 1. The average molecular weight is 376 g/mol. The van der Waals surface area contributed by atoms with Crippen LogP contribution in [0, 0.1) is 0 Å². The molecule has 110 valence electrons. The summed E-state index contributed by atoms with van der Waals surface area (Å²) < 4.78 is 0.867. The Morgan fingerprint density at radius 3 is 2.64 bits per heavy atom. The van der Waals surface area contributed by atoms with Crippen LogP contribution in [0.3, 0.4) is 0 Å². The van der Waals surface area contributed by atoms with E-state index in [1.165, 1.54) is 12.4 Å². The summed E-state index contributed by atoms with van der Waals surface area (Å²) in [6, 6.07) is 10.7. The van der Waals surface area contributed by atoms with Gasteiger partial charge in [-0.2, -0.15) is 4.98 Å². The molecule has 0 bridgehead atoms. The Morgan fingerprint density at radius 2 is 1.91 bits per heavy atom. The van der Waals surface area contributed by atoms with E-state index in [0.29, 0.717) is 10.7 Å². The van der Waals surface area contributed by atoms with E-state index in [-0.39, 0.29) is 16.5 Å². The second kappa shape index (κ2) is 6.25. The minimum Gasteiger partial charge on any atom is -0.492 e. The van der Waals surface area contributed by atoms with Crippen molar-refractivity contribution in [3.63, 3.8) is 0 Å². The molecular formula is C15H10BrN3O2S. The molecule has 0 saturated heterocycles. The molecule has 0 radical (unpaired) electrons. The third-order valence-electron chi connectivity index (χ3n) is 2.87. The summed E-state index contributed by atoms with van der Waals surface area (Å²) in [7, 11) is 0. The van der Waals surface area contributed by atoms with E-state index >= 15 is 0 Å². The van der Waals surface area contributed by atoms with Crippen LogP contribution >= 0.6 is 27.3 Å². The van der Waals surface area contributed by atoms with Crippen LogP contribution in [-0.2, 0) is 0 Å². The van der Waals surface area contributed by atoms with Gasteiger partial charge in [0.05, 0.1) is 5.69 Å². The van der Waals surface area contributed by atoms with Gasteiger partial charge in [0.2, 0.25) is 11.7 Å². The maximum absolute atomic E-state index is 12.3. The Labute approximate surface area is 138 Å². The van der Waals surface area contributed by atoms with Crippen molar-refractivity contribution in [3.8, 4) is 5.88 Å². The van der Waals surface area contributed by atoms with Crippen LogP contribution < -0.4 is 5.32 Å². The fourth-order valence-electron chi connectivity index (χ4n) is 1.83. The highest BCUT2D eigenvalue weighted by atomic mass is 79.9. The zero-order valence-electron chi connectivity index (χ0n) is 11.2. The number of thiazole rings is 1. The predicted octanol–water partition coefficient (Wildman–Crippen LogP) is 3.98. The number of hydrogen-bond acceptors (Lipinski definition) is 6. The summed E-state index contributed by atoms with van der Waals surface area (Å²) in [5, 5.41) is 13.4. The number of nitrogens with zero attached hydrogens (tertiary/aromatic N) is 2. The first-order valence-electron chi connectivity index (χ1n) is 6.31. The molecule has 0 atom stereocenters. The first-order chi connectivity index (χ1) is 10.6. The van der Waals surface area contributed by atoms with E-state index < -0.39 is 0 Å². The van der Waals surface area contributed by atoms with Crippen molar-refractivity contribution < 1.29 is 9.90 Å². The number of aromatic hydroxyl groups is 1. The number of ketones is 1. The lowest BCUT2D eigenvalue weighted by Crippen LogP contribution is -1.98. The van der Waals surface area contributed by atoms with Crippen molar-refractivity contribution >= 4 is 43.9 Å². The number of halogens is 1. The number of hydrogen-bond donors (Lipinski definition) is 2. The van der Waals surface area contributed by atoms with Crippen molar-refractivity contribution in [2.45, 2.75) is 0 Å². The summed E-state index contributed by atoms with van der Waals surface area (Å²) >= 11 is 4.53. The van der Waals surface area contributed by atoms with Gasteiger partial charge in [-0.05, 0) is 40.2 Å². The zero-order chi connectivity index (χ0) is 15.5. The first kappa shape index (κ1) is 14.7. The van der Waals surface area contributed by atoms with Gasteiger partial charge in [0.25, 0.3) is 0 Å². The fraction of sp³-hybridized carbons (Fsp3) is 0. The van der Waals surface area contributed by atoms with Crippen LogP contribution in [0.5, 0.6) is 5.88 Å². The molecule has 22 heavy (non-hydrogen) atoms. The van der Waals surface area contributed by atoms with Crippen molar-refractivity contribution in [2.75, 3.05) is 5.32 Å². The van der Waals surface area contributed by atoms with Crippen LogP contribution in [-0.4, -0.2) is 20.9 Å². The summed E-state index contributed by atoms with van der Waals surface area (Å²) in [5.74, 6) is -0.557. The number of carbonyl (C=O) groups is 1. The Kier molecular flexibility index (Phi) is 4.17. The molecule has 0 aliphatic heterocycles. The van der Waals surface area contributed by atoms with Crippen LogP contribution in [0.25, 0.3) is 0 Å². The molecule has 5 nitrogen and oxygen atoms in total. The standard InChI is InChI=1S/C15H10BrN3O2S/c16-10-3-1-2-4-11(10)18-15-19-14(21)13(22-15)12(20)9-5-7-17-8-6-9/h1-8,21H,(H,18,19). The molecule has 0 fully saturated rings. The molecule has 7 heteroatoms. The lowest BCUT2D eigenvalue weighted by atomic mass is 10.1. The van der Waals surface area contributed by atoms with E-state index in [1.54, 1.807) is 12.1 Å². The minimum absolute atomic E-state index is 0.195. The van der Waals surface area contributed by atoms with Gasteiger partial charge in [-0.1, -0.05) is 23.5 Å². The maximum atomic E-state index is 12.3. The molecule has 1 aromatic carbocycles. The highest BCUT2D eigenvalue weighted by Crippen LogP contribution is 2.33. The summed E-state index contributed by atoms with van der Waals surface area (Å²) in [5.41, 5.74) is 1.26. The molecular weight excluding hydrogens is 366 g/mol. The third kappa shape index (κ3) is 3.00. The van der Waals surface area contributed by atoms with Crippen LogP contribution in [0.4, 0.5) is 10.8 Å². The largest absolute Gasteiger partial charge is 0.492 e. The number of pyridine rings is 1. The molecule has 0 unspecified atom stereocenters. The molecule has 2 aromatic heterocycles. The van der Waals surface area contributed by atoms with Crippen LogP contribution in [0.1, 0.15) is 15.2 Å². The van der Waals surface area contributed by atoms with Gasteiger partial charge in [-0.15, -0.1) is 0 Å². The highest BCUT2D eigenvalue weighted by molar-refractivity contribution is 9.10. The monoisotopic (exact) mass is 375 g/mol. The minimum atomic E-state index is -0.280. The Morgan fingerprint density at radius 1 is 1.18 bits per heavy atom. The number of aromatic nitrogens is 2. The van der Waals surface area contributed by atoms with Crippen molar-refractivity contribution in [3.05, 3.63) is 63.7 Å². The number of rotatable bonds is 4. The second-order valence-electron chi connectivity index (χ2n) is 4.34. The highest BCUT2D eigenvalue weighted by Gasteiger charge is 2.19. The van der Waals surface area contributed by atoms with Gasteiger partial charge in [-0.25, -0.2) is 0 Å². The molecule has 0 aliphatic rings. The first-order valence-corrected chi connectivity index (χ1v) is 7.92. The number of anilines is 2. The van der Waals surface area contributed by atoms with Crippen molar-refractivity contribution in [1.82, 2.24) is 9.97 Å². The lowest BCUT2D eigenvalue weighted by Gasteiger charge is -2.03. The Hall–Kier alpha value is -2.25. The molecule has 3 rings (SSSR count). The molecule has 2 heterocycles. The maximum Gasteiger partial charge on any atom is 0.235 e. The number of benzene rings is 1. The fourth-order valence-corrected chi connectivity index (χ4v) is 3.04. The van der Waals surface area contributed by atoms with Crippen LogP contribution in [0.15, 0.2) is 53.3 Å². The summed E-state index contributed by atoms with van der Waals surface area (Å²) in [6.45, 7) is 0. The summed E-state index contributed by atoms with van der Waals surface area (Å²) in [6.07, 6.45) is 3.07. The number of nitrogens with one attached hydrogen (secondary N) is 1. The van der Waals surface area contributed by atoms with Gasteiger partial charge in [-0.3, -0.25) is 9.78 Å². The van der Waals surface area contributed by atoms with Gasteiger partial charge in [0.1, 0.15) is 4.88 Å². The molecule has 0 saturated carbocycles. The van der Waals surface area contributed by atoms with Crippen molar-refractivity contribution in [2.24, 2.45) is 0 Å². The Balaban J connectivity index is 1.88. The summed E-state index contributed by atoms with van der Waals surface area (Å²) in [4.78, 5) is 20.4. The topological polar surface area (TPSA) is 75.1 Å². The predicted molar refractivity (Wildman–Crippen MR) is 88.9 cm³/mol. The van der Waals surface area contributed by atoms with E-state index in [2.05, 4.69) is 31.2 Å². The Bertz CT molecular complexity index is 821. The molecule has 0 spiro atoms. The molecule has 2 N–H and O–H groups in total. The van der Waals surface area contributed by atoms with Gasteiger partial charge in [0.15, 0.2) is 5.13 Å². The van der Waals surface area contributed by atoms with E-state index in [4.69, 9.17) is 0 Å². The van der Waals surface area contributed by atoms with Crippen molar-refractivity contribution in [1.29, 1.82) is 0 Å². The van der Waals surface area contributed by atoms with Crippen LogP contribution in [0.2, 0.25) is 0 Å².